The Morgan fingerprint density at radius 3 is 2.61 bits per heavy atom. The van der Waals surface area contributed by atoms with Gasteiger partial charge in [-0.15, -0.1) is 0 Å². The van der Waals surface area contributed by atoms with E-state index < -0.39 is 5.97 Å². The van der Waals surface area contributed by atoms with Gasteiger partial charge in [-0.25, -0.2) is 14.8 Å². The van der Waals surface area contributed by atoms with Crippen LogP contribution in [0.25, 0.3) is 0 Å². The van der Waals surface area contributed by atoms with E-state index in [4.69, 9.17) is 5.73 Å². The minimum absolute atomic E-state index is 0.189. The van der Waals surface area contributed by atoms with Crippen molar-refractivity contribution in [1.29, 1.82) is 0 Å². The molecule has 0 aromatic carbocycles. The predicted octanol–water partition coefficient (Wildman–Crippen LogP) is 2.04. The fourth-order valence-electron chi connectivity index (χ4n) is 1.46. The fourth-order valence-corrected chi connectivity index (χ4v) is 2.36. The summed E-state index contributed by atoms with van der Waals surface area (Å²) in [5, 5.41) is 0. The molecule has 0 aliphatic rings. The lowest BCUT2D eigenvalue weighted by atomic mass is 10.2. The monoisotopic (exact) mass is 269 g/mol. The molecule has 0 radical (unpaired) electrons. The molecule has 0 unspecified atom stereocenters. The van der Waals surface area contributed by atoms with Crippen LogP contribution in [-0.4, -0.2) is 28.8 Å². The molecule has 1 aromatic heterocycles. The fraction of sp³-hybridized carbons (Fsp3) is 0.583. The van der Waals surface area contributed by atoms with Gasteiger partial charge in [0.15, 0.2) is 0 Å². The second-order valence-electron chi connectivity index (χ2n) is 4.39. The van der Waals surface area contributed by atoms with Crippen molar-refractivity contribution in [2.24, 2.45) is 5.92 Å². The van der Waals surface area contributed by atoms with Crippen LogP contribution in [0.1, 0.15) is 35.7 Å². The number of aromatic nitrogens is 2. The number of methoxy groups -OCH3 is 1. The van der Waals surface area contributed by atoms with E-state index in [0.717, 1.165) is 5.75 Å². The molecule has 1 heterocycles. The first-order chi connectivity index (χ1) is 8.45. The lowest BCUT2D eigenvalue weighted by molar-refractivity contribution is 0.0600. The third-order valence-electron chi connectivity index (χ3n) is 2.24. The van der Waals surface area contributed by atoms with E-state index in [1.165, 1.54) is 7.11 Å². The van der Waals surface area contributed by atoms with Gasteiger partial charge in [0.25, 0.3) is 0 Å². The van der Waals surface area contributed by atoms with Gasteiger partial charge in [-0.05, 0) is 18.6 Å². The summed E-state index contributed by atoms with van der Waals surface area (Å²) < 4.78 is 4.65. The van der Waals surface area contributed by atoms with Crippen LogP contribution in [0.5, 0.6) is 0 Å². The molecule has 100 valence electrons. The van der Waals surface area contributed by atoms with Crippen LogP contribution in [0, 0.1) is 12.8 Å². The average molecular weight is 269 g/mol. The number of aryl methyl sites for hydroxylation is 1. The third-order valence-corrected chi connectivity index (χ3v) is 3.60. The van der Waals surface area contributed by atoms with Crippen LogP contribution in [0.2, 0.25) is 0 Å². The number of nitrogens with two attached hydrogens (primary N) is 1. The first-order valence-electron chi connectivity index (χ1n) is 5.74. The van der Waals surface area contributed by atoms with Crippen LogP contribution in [0.3, 0.4) is 0 Å². The van der Waals surface area contributed by atoms with Crippen LogP contribution in [0.15, 0.2) is 0 Å². The molecule has 6 heteroatoms. The normalized spacial score (nSPS) is 10.7. The topological polar surface area (TPSA) is 78.1 Å². The number of rotatable bonds is 5. The molecule has 1 rings (SSSR count). The molecule has 1 aromatic rings. The minimum Gasteiger partial charge on any atom is -0.465 e. The van der Waals surface area contributed by atoms with Crippen molar-refractivity contribution in [3.8, 4) is 0 Å². The number of nitrogens with zero attached hydrogens (tertiary/aromatic N) is 2. The minimum atomic E-state index is -0.494. The summed E-state index contributed by atoms with van der Waals surface area (Å²) in [6, 6.07) is 0. The molecule has 0 atom stereocenters. The van der Waals surface area contributed by atoms with Gasteiger partial charge in [-0.1, -0.05) is 13.8 Å². The summed E-state index contributed by atoms with van der Waals surface area (Å²) in [4.78, 5) is 19.9. The number of nitrogen functional groups attached to an aromatic ring is 1. The van der Waals surface area contributed by atoms with Crippen molar-refractivity contribution in [2.75, 3.05) is 18.6 Å². The highest BCUT2D eigenvalue weighted by Crippen LogP contribution is 2.18. The number of hydrogen-bond donors (Lipinski definition) is 1. The van der Waals surface area contributed by atoms with Gasteiger partial charge in [0, 0.05) is 0 Å². The van der Waals surface area contributed by atoms with E-state index in [-0.39, 0.29) is 11.4 Å². The molecule has 0 bridgehead atoms. The highest BCUT2D eigenvalue weighted by atomic mass is 32.2. The van der Waals surface area contributed by atoms with Gasteiger partial charge in [-0.3, -0.25) is 0 Å². The van der Waals surface area contributed by atoms with Crippen molar-refractivity contribution in [1.82, 2.24) is 9.97 Å². The average Bonchev–Trinajstić information content (AvgIpc) is 2.27. The Morgan fingerprint density at radius 2 is 2.11 bits per heavy atom. The molecular formula is C12H19N3O2S. The lowest BCUT2D eigenvalue weighted by Gasteiger charge is -2.09. The Bertz CT molecular complexity index is 412. The maximum Gasteiger partial charge on any atom is 0.343 e. The van der Waals surface area contributed by atoms with E-state index in [1.807, 2.05) is 0 Å². The molecule has 0 saturated carbocycles. The number of hydrogen-bond acceptors (Lipinski definition) is 6. The summed E-state index contributed by atoms with van der Waals surface area (Å²) in [6.45, 7) is 6.06. The van der Waals surface area contributed by atoms with Crippen LogP contribution >= 0.6 is 11.8 Å². The number of carbonyl (C=O) groups excluding carboxylic acids is 1. The number of carbonyl (C=O) groups is 1. The van der Waals surface area contributed by atoms with Crippen molar-refractivity contribution < 1.29 is 9.53 Å². The quantitative estimate of drug-likeness (QED) is 0.824. The highest BCUT2D eigenvalue weighted by molar-refractivity contribution is 7.98. The van der Waals surface area contributed by atoms with E-state index in [0.29, 0.717) is 23.2 Å². The second-order valence-corrected chi connectivity index (χ2v) is 5.42. The zero-order chi connectivity index (χ0) is 13.7. The van der Waals surface area contributed by atoms with Gasteiger partial charge in [-0.2, -0.15) is 11.8 Å². The zero-order valence-electron chi connectivity index (χ0n) is 11.2. The Balaban J connectivity index is 2.83. The Labute approximate surface area is 112 Å². The Kier molecular flexibility index (Phi) is 5.40. The van der Waals surface area contributed by atoms with Gasteiger partial charge in [0.1, 0.15) is 17.2 Å². The zero-order valence-corrected chi connectivity index (χ0v) is 12.0. The van der Waals surface area contributed by atoms with Gasteiger partial charge in [0.05, 0.1) is 18.6 Å². The molecular weight excluding hydrogens is 250 g/mol. The lowest BCUT2D eigenvalue weighted by Crippen LogP contribution is -2.13. The molecule has 0 aliphatic carbocycles. The highest BCUT2D eigenvalue weighted by Gasteiger charge is 2.17. The smallest absolute Gasteiger partial charge is 0.343 e. The van der Waals surface area contributed by atoms with Crippen LogP contribution in [0.4, 0.5) is 5.82 Å². The van der Waals surface area contributed by atoms with Crippen LogP contribution in [-0.2, 0) is 10.5 Å². The number of anilines is 1. The van der Waals surface area contributed by atoms with Crippen molar-refractivity contribution in [3.05, 3.63) is 17.1 Å². The summed E-state index contributed by atoms with van der Waals surface area (Å²) in [6.07, 6.45) is 0. The van der Waals surface area contributed by atoms with Crippen LogP contribution < -0.4 is 5.73 Å². The van der Waals surface area contributed by atoms with Crippen molar-refractivity contribution in [2.45, 2.75) is 26.5 Å². The summed E-state index contributed by atoms with van der Waals surface area (Å²) in [5.74, 6) is 2.72. The van der Waals surface area contributed by atoms with Gasteiger partial charge >= 0.3 is 5.97 Å². The molecule has 2 N–H and O–H groups in total. The predicted molar refractivity (Wildman–Crippen MR) is 73.5 cm³/mol. The summed E-state index contributed by atoms with van der Waals surface area (Å²) in [5.41, 5.74) is 6.59. The van der Waals surface area contributed by atoms with Crippen molar-refractivity contribution >= 4 is 23.5 Å². The molecule has 0 fully saturated rings. The summed E-state index contributed by atoms with van der Waals surface area (Å²) >= 11 is 1.76. The van der Waals surface area contributed by atoms with Gasteiger partial charge < -0.3 is 10.5 Å². The van der Waals surface area contributed by atoms with Gasteiger partial charge in [0.2, 0.25) is 0 Å². The maximum absolute atomic E-state index is 11.5. The van der Waals surface area contributed by atoms with E-state index in [2.05, 4.69) is 28.6 Å². The second kappa shape index (κ2) is 6.58. The molecule has 5 nitrogen and oxygen atoms in total. The largest absolute Gasteiger partial charge is 0.465 e. The first-order valence-corrected chi connectivity index (χ1v) is 6.90. The van der Waals surface area contributed by atoms with E-state index >= 15 is 0 Å². The molecule has 18 heavy (non-hydrogen) atoms. The third kappa shape index (κ3) is 3.87. The first kappa shape index (κ1) is 14.8. The number of thioether (sulfide) groups is 1. The number of esters is 1. The number of ether oxygens (including phenoxy) is 1. The summed E-state index contributed by atoms with van der Waals surface area (Å²) in [7, 11) is 1.31. The Hall–Kier alpha value is -1.30. The SMILES string of the molecule is COC(=O)c1c(C)nc(CSCC(C)C)nc1N. The molecule has 0 saturated heterocycles. The standard InChI is InChI=1S/C12H19N3O2S/c1-7(2)5-18-6-9-14-8(3)10(11(13)15-9)12(16)17-4/h7H,5-6H2,1-4H3,(H2,13,14,15). The Morgan fingerprint density at radius 1 is 1.44 bits per heavy atom. The molecule has 0 aliphatic heterocycles. The molecule has 0 amide bonds. The van der Waals surface area contributed by atoms with E-state index in [1.54, 1.807) is 18.7 Å². The molecule has 0 spiro atoms. The maximum atomic E-state index is 11.5. The van der Waals surface area contributed by atoms with Crippen molar-refractivity contribution in [3.63, 3.8) is 0 Å². The van der Waals surface area contributed by atoms with E-state index in [9.17, 15) is 4.79 Å².